The van der Waals surface area contributed by atoms with Crippen LogP contribution in [0.5, 0.6) is 0 Å². The van der Waals surface area contributed by atoms with Gasteiger partial charge in [-0.05, 0) is 41.5 Å². The summed E-state index contributed by atoms with van der Waals surface area (Å²) in [7, 11) is 0. The van der Waals surface area contributed by atoms with E-state index in [1.165, 1.54) is 6.92 Å². The largest absolute Gasteiger partial charge is 0.464 e. The van der Waals surface area contributed by atoms with E-state index in [9.17, 15) is 19.2 Å². The summed E-state index contributed by atoms with van der Waals surface area (Å²) in [4.78, 5) is 46.5. The van der Waals surface area contributed by atoms with E-state index in [-0.39, 0.29) is 6.61 Å². The smallest absolute Gasteiger partial charge is 0.408 e. The molecular weight excluding hydrogens is 292 g/mol. The van der Waals surface area contributed by atoms with Gasteiger partial charge >= 0.3 is 12.1 Å². The third-order valence-corrected chi connectivity index (χ3v) is 2.34. The molecule has 0 heterocycles. The van der Waals surface area contributed by atoms with Crippen LogP contribution in [0.15, 0.2) is 0 Å². The van der Waals surface area contributed by atoms with Crippen molar-refractivity contribution in [2.45, 2.75) is 59.2 Å². The topological polar surface area (TPSA) is 111 Å². The Bertz CT molecular complexity index is 441. The van der Waals surface area contributed by atoms with Crippen molar-refractivity contribution in [1.82, 2.24) is 10.6 Å². The second-order valence-electron chi connectivity index (χ2n) is 5.67. The average molecular weight is 316 g/mol. The Morgan fingerprint density at radius 2 is 1.64 bits per heavy atom. The van der Waals surface area contributed by atoms with E-state index in [1.807, 2.05) is 0 Å². The minimum Gasteiger partial charge on any atom is -0.464 e. The summed E-state index contributed by atoms with van der Waals surface area (Å²) in [6.07, 6.45) is -0.773. The van der Waals surface area contributed by atoms with Gasteiger partial charge in [-0.3, -0.25) is 9.59 Å². The summed E-state index contributed by atoms with van der Waals surface area (Å²) in [6, 6.07) is -2.37. The highest BCUT2D eigenvalue weighted by Gasteiger charge is 2.29. The molecule has 0 rings (SSSR count). The van der Waals surface area contributed by atoms with Crippen molar-refractivity contribution in [3.8, 4) is 0 Å². The fourth-order valence-corrected chi connectivity index (χ4v) is 1.37. The summed E-state index contributed by atoms with van der Waals surface area (Å²) in [5.74, 6) is -2.09. The fraction of sp³-hybridized carbons (Fsp3) is 0.714. The standard InChI is InChI=1S/C14H24N2O6/c1-7-21-12(19)10(9(3)17)16-11(18)8(2)15-13(20)22-14(4,5)6/h8,10H,7H2,1-6H3,(H,15,20)(H,16,18). The first kappa shape index (κ1) is 19.9. The second-order valence-corrected chi connectivity index (χ2v) is 5.67. The van der Waals surface area contributed by atoms with E-state index in [4.69, 9.17) is 9.47 Å². The Balaban J connectivity index is 4.64. The van der Waals surface area contributed by atoms with Crippen molar-refractivity contribution in [3.63, 3.8) is 0 Å². The lowest BCUT2D eigenvalue weighted by Crippen LogP contribution is -2.53. The second kappa shape index (κ2) is 8.35. The molecule has 8 heteroatoms. The van der Waals surface area contributed by atoms with E-state index < -0.39 is 41.4 Å². The number of alkyl carbamates (subject to hydrolysis) is 1. The lowest BCUT2D eigenvalue weighted by molar-refractivity contribution is -0.150. The van der Waals surface area contributed by atoms with E-state index >= 15 is 0 Å². The number of hydrogen-bond donors (Lipinski definition) is 2. The molecule has 0 aliphatic heterocycles. The summed E-state index contributed by atoms with van der Waals surface area (Å²) >= 11 is 0. The van der Waals surface area contributed by atoms with Gasteiger partial charge in [-0.2, -0.15) is 0 Å². The molecule has 2 amide bonds. The van der Waals surface area contributed by atoms with E-state index in [0.29, 0.717) is 0 Å². The molecule has 2 unspecified atom stereocenters. The molecule has 0 spiro atoms. The van der Waals surface area contributed by atoms with Gasteiger partial charge in [0, 0.05) is 0 Å². The van der Waals surface area contributed by atoms with Gasteiger partial charge in [-0.1, -0.05) is 0 Å². The molecular formula is C14H24N2O6. The third kappa shape index (κ3) is 7.61. The van der Waals surface area contributed by atoms with E-state index in [0.717, 1.165) is 6.92 Å². The average Bonchev–Trinajstić information content (AvgIpc) is 2.32. The molecule has 126 valence electrons. The fourth-order valence-electron chi connectivity index (χ4n) is 1.37. The van der Waals surface area contributed by atoms with Crippen LogP contribution in [0.1, 0.15) is 41.5 Å². The molecule has 0 radical (unpaired) electrons. The molecule has 0 aliphatic rings. The molecule has 0 saturated carbocycles. The molecule has 2 atom stereocenters. The first-order valence-electron chi connectivity index (χ1n) is 6.95. The van der Waals surface area contributed by atoms with Gasteiger partial charge in [0.25, 0.3) is 0 Å². The summed E-state index contributed by atoms with van der Waals surface area (Å²) in [5.41, 5.74) is -0.701. The Hall–Kier alpha value is -2.12. The van der Waals surface area contributed by atoms with Crippen molar-refractivity contribution in [3.05, 3.63) is 0 Å². The zero-order valence-corrected chi connectivity index (χ0v) is 13.8. The Kier molecular flexibility index (Phi) is 7.55. The molecule has 0 aromatic heterocycles. The summed E-state index contributed by atoms with van der Waals surface area (Å²) < 4.78 is 9.71. The maximum Gasteiger partial charge on any atom is 0.408 e. The molecule has 2 N–H and O–H groups in total. The van der Waals surface area contributed by atoms with Crippen molar-refractivity contribution < 1.29 is 28.7 Å². The first-order chi connectivity index (χ1) is 9.97. The monoisotopic (exact) mass is 316 g/mol. The minimum absolute atomic E-state index is 0.0875. The highest BCUT2D eigenvalue weighted by molar-refractivity contribution is 6.05. The van der Waals surface area contributed by atoms with Crippen LogP contribution in [-0.4, -0.2) is 48.0 Å². The van der Waals surface area contributed by atoms with Crippen molar-refractivity contribution in [1.29, 1.82) is 0 Å². The van der Waals surface area contributed by atoms with Gasteiger partial charge < -0.3 is 20.1 Å². The molecule has 0 saturated heterocycles. The van der Waals surface area contributed by atoms with Gasteiger partial charge in [0.05, 0.1) is 6.61 Å². The van der Waals surface area contributed by atoms with E-state index in [2.05, 4.69) is 10.6 Å². The number of amides is 2. The number of ether oxygens (including phenoxy) is 2. The van der Waals surface area contributed by atoms with E-state index in [1.54, 1.807) is 27.7 Å². The number of carbonyl (C=O) groups excluding carboxylic acids is 4. The number of hydrogen-bond acceptors (Lipinski definition) is 6. The number of rotatable bonds is 6. The number of Topliss-reactive ketones (excluding diaryl/α,β-unsaturated/α-hetero) is 1. The summed E-state index contributed by atoms with van der Waals surface area (Å²) in [6.45, 7) is 9.29. The van der Waals surface area contributed by atoms with Crippen LogP contribution < -0.4 is 10.6 Å². The minimum atomic E-state index is -1.39. The van der Waals surface area contributed by atoms with Crippen LogP contribution in [0.25, 0.3) is 0 Å². The molecule has 0 aromatic carbocycles. The molecule has 0 fully saturated rings. The van der Waals surface area contributed by atoms with Gasteiger partial charge in [0.1, 0.15) is 11.6 Å². The third-order valence-electron chi connectivity index (χ3n) is 2.34. The van der Waals surface area contributed by atoms with Gasteiger partial charge in [-0.15, -0.1) is 0 Å². The molecule has 0 aromatic rings. The predicted octanol–water partition coefficient (Wildman–Crippen LogP) is 0.536. The summed E-state index contributed by atoms with van der Waals surface area (Å²) in [5, 5.41) is 4.55. The number of nitrogens with one attached hydrogen (secondary N) is 2. The van der Waals surface area contributed by atoms with Crippen LogP contribution in [-0.2, 0) is 23.9 Å². The first-order valence-corrected chi connectivity index (χ1v) is 6.95. The van der Waals surface area contributed by atoms with Crippen LogP contribution in [0.3, 0.4) is 0 Å². The van der Waals surface area contributed by atoms with Crippen LogP contribution in [0, 0.1) is 0 Å². The van der Waals surface area contributed by atoms with Gasteiger partial charge in [-0.25, -0.2) is 9.59 Å². The van der Waals surface area contributed by atoms with Gasteiger partial charge in [0.2, 0.25) is 5.91 Å². The molecule has 0 bridgehead atoms. The zero-order valence-electron chi connectivity index (χ0n) is 13.8. The van der Waals surface area contributed by atoms with Crippen molar-refractivity contribution >= 4 is 23.8 Å². The number of esters is 1. The van der Waals surface area contributed by atoms with Crippen LogP contribution in [0.4, 0.5) is 4.79 Å². The maximum atomic E-state index is 11.9. The SMILES string of the molecule is CCOC(=O)C(NC(=O)C(C)NC(=O)OC(C)(C)C)C(C)=O. The quantitative estimate of drug-likeness (QED) is 0.546. The number of ketones is 1. The molecule has 8 nitrogen and oxygen atoms in total. The normalized spacial score (nSPS) is 13.5. The lowest BCUT2D eigenvalue weighted by Gasteiger charge is -2.22. The van der Waals surface area contributed by atoms with Gasteiger partial charge in [0.15, 0.2) is 11.8 Å². The maximum absolute atomic E-state index is 11.9. The zero-order chi connectivity index (χ0) is 17.5. The molecule has 0 aliphatic carbocycles. The van der Waals surface area contributed by atoms with Crippen LogP contribution in [0.2, 0.25) is 0 Å². The van der Waals surface area contributed by atoms with Crippen LogP contribution >= 0.6 is 0 Å². The molecule has 22 heavy (non-hydrogen) atoms. The number of carbonyl (C=O) groups is 4. The van der Waals surface area contributed by atoms with Crippen molar-refractivity contribution in [2.24, 2.45) is 0 Å². The highest BCUT2D eigenvalue weighted by atomic mass is 16.6. The van der Waals surface area contributed by atoms with Crippen molar-refractivity contribution in [2.75, 3.05) is 6.61 Å². The Morgan fingerprint density at radius 1 is 1.09 bits per heavy atom. The Morgan fingerprint density at radius 3 is 2.05 bits per heavy atom. The lowest BCUT2D eigenvalue weighted by atomic mass is 10.2. The Labute approximate surface area is 129 Å². The highest BCUT2D eigenvalue weighted by Crippen LogP contribution is 2.06. The predicted molar refractivity (Wildman–Crippen MR) is 78.1 cm³/mol.